The number of alkyl halides is 1. The van der Waals surface area contributed by atoms with Crippen LogP contribution in [-0.4, -0.2) is 19.1 Å². The van der Waals surface area contributed by atoms with Crippen molar-refractivity contribution in [2.24, 2.45) is 5.73 Å². The monoisotopic (exact) mass is 195 g/mol. The molecule has 50 valence electrons. The van der Waals surface area contributed by atoms with Crippen LogP contribution >= 0.6 is 15.9 Å². The Morgan fingerprint density at radius 2 is 1.88 bits per heavy atom. The summed E-state index contributed by atoms with van der Waals surface area (Å²) >= 11 is 3.53. The molecule has 0 heterocycles. The minimum absolute atomic E-state index is 0.579. The van der Waals surface area contributed by atoms with Gasteiger partial charge in [0.25, 0.3) is 0 Å². The summed E-state index contributed by atoms with van der Waals surface area (Å²) in [6.45, 7) is 7.69. The van der Waals surface area contributed by atoms with Crippen molar-refractivity contribution in [2.45, 2.75) is 24.1 Å². The van der Waals surface area contributed by atoms with Crippen LogP contribution < -0.4 is 5.73 Å². The number of rotatable bonds is 2. The maximum atomic E-state index is 5.45. The summed E-state index contributed by atoms with van der Waals surface area (Å²) < 4.78 is 0.579. The molecule has 1 unspecified atom stereocenters. The van der Waals surface area contributed by atoms with Crippen LogP contribution in [0.15, 0.2) is 0 Å². The molecule has 1 atom stereocenters. The van der Waals surface area contributed by atoms with E-state index in [-0.39, 0.29) is 0 Å². The summed E-state index contributed by atoms with van der Waals surface area (Å²) in [7, 11) is -0.969. The van der Waals surface area contributed by atoms with Gasteiger partial charge in [-0.25, -0.2) is 0 Å². The highest BCUT2D eigenvalue weighted by atomic mass is 79.9. The fraction of sp³-hybridized carbons (Fsp3) is 1.00. The molecule has 2 N–H and O–H groups in total. The third-order valence-corrected chi connectivity index (χ3v) is 7.76. The molecule has 0 bridgehead atoms. The molecular formula is C5H14BrNSi. The molecule has 0 aliphatic rings. The summed E-state index contributed by atoms with van der Waals surface area (Å²) in [4.78, 5) is 0. The third kappa shape index (κ3) is 2.84. The van der Waals surface area contributed by atoms with Crippen molar-refractivity contribution in [3.05, 3.63) is 0 Å². The zero-order valence-electron chi connectivity index (χ0n) is 5.74. The zero-order chi connectivity index (χ0) is 6.78. The number of hydrogen-bond donors (Lipinski definition) is 1. The van der Waals surface area contributed by atoms with Gasteiger partial charge in [-0.1, -0.05) is 35.6 Å². The Morgan fingerprint density at radius 3 is 1.88 bits per heavy atom. The van der Waals surface area contributed by atoms with Gasteiger partial charge >= 0.3 is 0 Å². The van der Waals surface area contributed by atoms with Crippen molar-refractivity contribution >= 4 is 24.0 Å². The van der Waals surface area contributed by atoms with Gasteiger partial charge in [0, 0.05) is 11.0 Å². The zero-order valence-corrected chi connectivity index (χ0v) is 8.33. The van der Waals surface area contributed by atoms with Crippen LogP contribution in [0.4, 0.5) is 0 Å². The maximum Gasteiger partial charge on any atom is 0.0611 e. The standard InChI is InChI=1S/C5H14BrNSi/c1-8(2,3)5(6)4-7/h5H,4,7H2,1-3H3. The topological polar surface area (TPSA) is 26.0 Å². The molecule has 0 saturated carbocycles. The second kappa shape index (κ2) is 2.99. The highest BCUT2D eigenvalue weighted by Crippen LogP contribution is 2.13. The van der Waals surface area contributed by atoms with E-state index < -0.39 is 8.07 Å². The quantitative estimate of drug-likeness (QED) is 0.526. The van der Waals surface area contributed by atoms with E-state index in [4.69, 9.17) is 5.73 Å². The Kier molecular flexibility index (Phi) is 3.23. The van der Waals surface area contributed by atoms with Crippen LogP contribution in [0.5, 0.6) is 0 Å². The van der Waals surface area contributed by atoms with Crippen molar-refractivity contribution in [1.82, 2.24) is 0 Å². The molecule has 3 heteroatoms. The molecule has 0 aliphatic heterocycles. The van der Waals surface area contributed by atoms with Gasteiger partial charge in [0.2, 0.25) is 0 Å². The van der Waals surface area contributed by atoms with Gasteiger partial charge in [0.1, 0.15) is 0 Å². The summed E-state index contributed by atoms with van der Waals surface area (Å²) in [5, 5.41) is 0. The second-order valence-electron chi connectivity index (χ2n) is 3.07. The van der Waals surface area contributed by atoms with Crippen LogP contribution in [0.25, 0.3) is 0 Å². The Balaban J connectivity index is 3.62. The van der Waals surface area contributed by atoms with Crippen LogP contribution in [0, 0.1) is 0 Å². The first-order chi connectivity index (χ1) is 3.48. The largest absolute Gasteiger partial charge is 0.330 e. The van der Waals surface area contributed by atoms with E-state index in [2.05, 4.69) is 35.6 Å². The summed E-state index contributed by atoms with van der Waals surface area (Å²) in [6, 6.07) is 0. The minimum atomic E-state index is -0.969. The Labute approximate surface area is 60.8 Å². The Hall–Kier alpha value is 0.657. The van der Waals surface area contributed by atoms with Gasteiger partial charge < -0.3 is 5.73 Å². The fourth-order valence-corrected chi connectivity index (χ4v) is 1.06. The van der Waals surface area contributed by atoms with E-state index in [1.807, 2.05) is 0 Å². The molecule has 0 aliphatic carbocycles. The first-order valence-electron chi connectivity index (χ1n) is 2.82. The predicted octanol–water partition coefficient (Wildman–Crippen LogP) is 1.59. The summed E-state index contributed by atoms with van der Waals surface area (Å²) in [6.07, 6.45) is 0. The Bertz CT molecular complexity index is 69.3. The number of hydrogen-bond acceptors (Lipinski definition) is 1. The SMILES string of the molecule is C[Si](C)(C)C(Br)CN. The lowest BCUT2D eigenvalue weighted by atomic mass is 10.8. The van der Waals surface area contributed by atoms with E-state index >= 15 is 0 Å². The minimum Gasteiger partial charge on any atom is -0.330 e. The highest BCUT2D eigenvalue weighted by molar-refractivity contribution is 9.10. The van der Waals surface area contributed by atoms with E-state index in [9.17, 15) is 0 Å². The van der Waals surface area contributed by atoms with E-state index in [1.54, 1.807) is 0 Å². The second-order valence-corrected chi connectivity index (χ2v) is 10.4. The van der Waals surface area contributed by atoms with Crippen molar-refractivity contribution in [1.29, 1.82) is 0 Å². The van der Waals surface area contributed by atoms with Gasteiger partial charge in [-0.05, 0) is 0 Å². The molecule has 0 aromatic heterocycles. The van der Waals surface area contributed by atoms with Crippen LogP contribution in [-0.2, 0) is 0 Å². The molecule has 0 spiro atoms. The highest BCUT2D eigenvalue weighted by Gasteiger charge is 2.21. The smallest absolute Gasteiger partial charge is 0.0611 e. The molecule has 0 fully saturated rings. The number of halogens is 1. The fourth-order valence-electron chi connectivity index (χ4n) is 0.354. The van der Waals surface area contributed by atoms with Crippen LogP contribution in [0.3, 0.4) is 0 Å². The molecule has 0 aromatic rings. The van der Waals surface area contributed by atoms with Crippen LogP contribution in [0.1, 0.15) is 0 Å². The van der Waals surface area contributed by atoms with E-state index in [0.717, 1.165) is 6.54 Å². The lowest BCUT2D eigenvalue weighted by Gasteiger charge is -2.20. The first-order valence-corrected chi connectivity index (χ1v) is 7.32. The van der Waals surface area contributed by atoms with Crippen molar-refractivity contribution in [3.63, 3.8) is 0 Å². The Morgan fingerprint density at radius 1 is 1.50 bits per heavy atom. The molecule has 0 saturated heterocycles. The van der Waals surface area contributed by atoms with Crippen molar-refractivity contribution in [2.75, 3.05) is 6.54 Å². The van der Waals surface area contributed by atoms with Crippen molar-refractivity contribution in [3.8, 4) is 0 Å². The molecule has 0 rings (SSSR count). The molecule has 0 radical (unpaired) electrons. The maximum absolute atomic E-state index is 5.45. The van der Waals surface area contributed by atoms with E-state index in [0.29, 0.717) is 4.45 Å². The van der Waals surface area contributed by atoms with Gasteiger partial charge in [-0.3, -0.25) is 0 Å². The lowest BCUT2D eigenvalue weighted by Crippen LogP contribution is -2.38. The van der Waals surface area contributed by atoms with Gasteiger partial charge in [-0.2, -0.15) is 0 Å². The average Bonchev–Trinajstić information content (AvgIpc) is 1.62. The number of nitrogens with two attached hydrogens (primary N) is 1. The van der Waals surface area contributed by atoms with Crippen LogP contribution in [0.2, 0.25) is 19.6 Å². The first kappa shape index (κ1) is 8.66. The van der Waals surface area contributed by atoms with Crippen molar-refractivity contribution < 1.29 is 0 Å². The van der Waals surface area contributed by atoms with Gasteiger partial charge in [-0.15, -0.1) is 0 Å². The normalized spacial score (nSPS) is 16.1. The average molecular weight is 196 g/mol. The molecule has 1 nitrogen and oxygen atoms in total. The lowest BCUT2D eigenvalue weighted by molar-refractivity contribution is 1.07. The molecule has 0 amide bonds. The summed E-state index contributed by atoms with van der Waals surface area (Å²) in [5.74, 6) is 0. The summed E-state index contributed by atoms with van der Waals surface area (Å²) in [5.41, 5.74) is 5.45. The van der Waals surface area contributed by atoms with E-state index in [1.165, 1.54) is 0 Å². The predicted molar refractivity (Wildman–Crippen MR) is 45.1 cm³/mol. The van der Waals surface area contributed by atoms with Gasteiger partial charge in [0.05, 0.1) is 8.07 Å². The molecular weight excluding hydrogens is 182 g/mol. The third-order valence-electron chi connectivity index (χ3n) is 1.15. The molecule has 0 aromatic carbocycles. The van der Waals surface area contributed by atoms with Gasteiger partial charge in [0.15, 0.2) is 0 Å². The molecule has 8 heavy (non-hydrogen) atoms.